The fraction of sp³-hybridized carbons (Fsp3) is 0.500. The van der Waals surface area contributed by atoms with Crippen LogP contribution < -0.4 is 0 Å². The van der Waals surface area contributed by atoms with E-state index in [1.807, 2.05) is 65.2 Å². The highest BCUT2D eigenvalue weighted by Crippen LogP contribution is 2.27. The van der Waals surface area contributed by atoms with Crippen LogP contribution in [0, 0.1) is 5.92 Å². The molecule has 1 aromatic carbocycles. The lowest BCUT2D eigenvalue weighted by molar-refractivity contribution is -0.144. The third-order valence-corrected chi connectivity index (χ3v) is 5.29. The molecule has 0 unspecified atom stereocenters. The number of amides is 2. The van der Waals surface area contributed by atoms with Crippen LogP contribution in [-0.2, 0) is 34.5 Å². The van der Waals surface area contributed by atoms with Crippen molar-refractivity contribution in [2.75, 3.05) is 19.7 Å². The van der Waals surface area contributed by atoms with Gasteiger partial charge in [-0.05, 0) is 36.5 Å². The number of aromatic nitrogens is 1. The zero-order valence-corrected chi connectivity index (χ0v) is 18.3. The van der Waals surface area contributed by atoms with Crippen molar-refractivity contribution in [1.29, 1.82) is 0 Å². The Morgan fingerprint density at radius 3 is 2.43 bits per heavy atom. The van der Waals surface area contributed by atoms with Gasteiger partial charge in [-0.3, -0.25) is 9.59 Å². The molecule has 6 nitrogen and oxygen atoms in total. The molecule has 0 aliphatic heterocycles. The van der Waals surface area contributed by atoms with Crippen LogP contribution in [-0.4, -0.2) is 51.9 Å². The van der Waals surface area contributed by atoms with E-state index in [1.165, 1.54) is 0 Å². The van der Waals surface area contributed by atoms with Crippen LogP contribution in [0.3, 0.4) is 0 Å². The average Bonchev–Trinajstić information content (AvgIpc) is 3.48. The number of hydrogen-bond acceptors (Lipinski definition) is 3. The van der Waals surface area contributed by atoms with Crippen molar-refractivity contribution in [3.63, 3.8) is 0 Å². The Morgan fingerprint density at radius 2 is 1.83 bits per heavy atom. The van der Waals surface area contributed by atoms with E-state index in [4.69, 9.17) is 4.74 Å². The standard InChI is InChI=1S/C24H33N3O3/c1-19(2)14-26(15-22-10-7-13-25(22)3)23(28)16-27(21-11-12-21)24(29)18-30-17-20-8-5-4-6-9-20/h4-10,13,19,21H,11-12,14-18H2,1-3H3. The molecule has 30 heavy (non-hydrogen) atoms. The minimum absolute atomic E-state index is 0.000660. The lowest BCUT2D eigenvalue weighted by Crippen LogP contribution is -2.46. The zero-order valence-electron chi connectivity index (χ0n) is 18.3. The van der Waals surface area contributed by atoms with Gasteiger partial charge in [-0.15, -0.1) is 0 Å². The van der Waals surface area contributed by atoms with Crippen LogP contribution in [0.1, 0.15) is 37.9 Å². The number of carbonyl (C=O) groups excluding carboxylic acids is 2. The van der Waals surface area contributed by atoms with E-state index in [-0.39, 0.29) is 31.0 Å². The Bertz CT molecular complexity index is 827. The van der Waals surface area contributed by atoms with Crippen LogP contribution in [0.4, 0.5) is 0 Å². The third kappa shape index (κ3) is 6.46. The first-order valence-corrected chi connectivity index (χ1v) is 10.7. The number of ether oxygens (including phenoxy) is 1. The maximum absolute atomic E-state index is 13.1. The molecule has 1 fully saturated rings. The van der Waals surface area contributed by atoms with E-state index in [0.717, 1.165) is 24.1 Å². The molecule has 1 aliphatic carbocycles. The predicted octanol–water partition coefficient (Wildman–Crippen LogP) is 3.22. The van der Waals surface area contributed by atoms with E-state index in [9.17, 15) is 9.59 Å². The maximum atomic E-state index is 13.1. The number of rotatable bonds is 11. The van der Waals surface area contributed by atoms with Crippen LogP contribution in [0.2, 0.25) is 0 Å². The number of nitrogens with zero attached hydrogens (tertiary/aromatic N) is 3. The van der Waals surface area contributed by atoms with Crippen LogP contribution in [0.15, 0.2) is 48.7 Å². The summed E-state index contributed by atoms with van der Waals surface area (Å²) in [6, 6.07) is 14.0. The lowest BCUT2D eigenvalue weighted by Gasteiger charge is -2.29. The zero-order chi connectivity index (χ0) is 21.5. The molecule has 3 rings (SSSR count). The summed E-state index contributed by atoms with van der Waals surface area (Å²) in [5.41, 5.74) is 2.12. The first kappa shape index (κ1) is 22.1. The Balaban J connectivity index is 1.58. The van der Waals surface area contributed by atoms with Crippen molar-refractivity contribution in [3.05, 3.63) is 59.9 Å². The maximum Gasteiger partial charge on any atom is 0.249 e. The van der Waals surface area contributed by atoms with Gasteiger partial charge in [0.25, 0.3) is 0 Å². The van der Waals surface area contributed by atoms with Gasteiger partial charge in [-0.25, -0.2) is 0 Å². The van der Waals surface area contributed by atoms with Crippen molar-refractivity contribution >= 4 is 11.8 Å². The molecular formula is C24H33N3O3. The molecule has 0 N–H and O–H groups in total. The summed E-state index contributed by atoms with van der Waals surface area (Å²) in [7, 11) is 1.98. The summed E-state index contributed by atoms with van der Waals surface area (Å²) in [5.74, 6) is 0.242. The second-order valence-corrected chi connectivity index (χ2v) is 8.51. The van der Waals surface area contributed by atoms with Gasteiger partial charge >= 0.3 is 0 Å². The van der Waals surface area contributed by atoms with E-state index in [0.29, 0.717) is 25.6 Å². The van der Waals surface area contributed by atoms with Crippen molar-refractivity contribution in [3.8, 4) is 0 Å². The van der Waals surface area contributed by atoms with E-state index in [1.54, 1.807) is 4.90 Å². The van der Waals surface area contributed by atoms with Crippen LogP contribution in [0.25, 0.3) is 0 Å². The fourth-order valence-electron chi connectivity index (χ4n) is 3.52. The molecular weight excluding hydrogens is 378 g/mol. The molecule has 0 spiro atoms. The molecule has 0 bridgehead atoms. The molecule has 2 aromatic rings. The van der Waals surface area contributed by atoms with Crippen LogP contribution >= 0.6 is 0 Å². The van der Waals surface area contributed by atoms with E-state index < -0.39 is 0 Å². The Morgan fingerprint density at radius 1 is 1.10 bits per heavy atom. The van der Waals surface area contributed by atoms with Gasteiger partial charge in [-0.1, -0.05) is 44.2 Å². The largest absolute Gasteiger partial charge is 0.367 e. The van der Waals surface area contributed by atoms with Crippen molar-refractivity contribution in [2.24, 2.45) is 13.0 Å². The Labute approximate surface area is 179 Å². The highest BCUT2D eigenvalue weighted by atomic mass is 16.5. The van der Waals surface area contributed by atoms with E-state index >= 15 is 0 Å². The molecule has 1 heterocycles. The van der Waals surface area contributed by atoms with E-state index in [2.05, 4.69) is 13.8 Å². The van der Waals surface area contributed by atoms with Gasteiger partial charge in [-0.2, -0.15) is 0 Å². The SMILES string of the molecule is CC(C)CN(Cc1cccn1C)C(=O)CN(C(=O)COCc1ccccc1)C1CC1. The monoisotopic (exact) mass is 411 g/mol. The molecule has 6 heteroatoms. The fourth-order valence-corrected chi connectivity index (χ4v) is 3.52. The topological polar surface area (TPSA) is 54.8 Å². The molecule has 1 aromatic heterocycles. The summed E-state index contributed by atoms with van der Waals surface area (Å²) in [6.07, 6.45) is 3.90. The molecule has 0 radical (unpaired) electrons. The lowest BCUT2D eigenvalue weighted by atomic mass is 10.2. The first-order valence-electron chi connectivity index (χ1n) is 10.7. The second-order valence-electron chi connectivity index (χ2n) is 8.51. The third-order valence-electron chi connectivity index (χ3n) is 5.29. The number of carbonyl (C=O) groups is 2. The molecule has 0 saturated heterocycles. The molecule has 1 saturated carbocycles. The highest BCUT2D eigenvalue weighted by Gasteiger charge is 2.34. The van der Waals surface area contributed by atoms with Crippen molar-refractivity contribution in [1.82, 2.24) is 14.4 Å². The first-order chi connectivity index (χ1) is 14.4. The molecule has 0 atom stereocenters. The van der Waals surface area contributed by atoms with Gasteiger partial charge in [0.1, 0.15) is 13.2 Å². The average molecular weight is 412 g/mol. The van der Waals surface area contributed by atoms with Crippen LogP contribution in [0.5, 0.6) is 0 Å². The van der Waals surface area contributed by atoms with Gasteiger partial charge in [0.2, 0.25) is 11.8 Å². The van der Waals surface area contributed by atoms with Crippen molar-refractivity contribution < 1.29 is 14.3 Å². The Kier molecular flexibility index (Phi) is 7.69. The summed E-state index contributed by atoms with van der Waals surface area (Å²) in [5, 5.41) is 0. The second kappa shape index (κ2) is 10.4. The predicted molar refractivity (Wildman–Crippen MR) is 117 cm³/mol. The summed E-state index contributed by atoms with van der Waals surface area (Å²) in [4.78, 5) is 29.5. The highest BCUT2D eigenvalue weighted by molar-refractivity contribution is 5.86. The molecule has 162 valence electrons. The minimum Gasteiger partial charge on any atom is -0.367 e. The molecule has 2 amide bonds. The van der Waals surface area contributed by atoms with Crippen molar-refractivity contribution in [2.45, 2.75) is 45.9 Å². The molecule has 1 aliphatic rings. The van der Waals surface area contributed by atoms with Gasteiger partial charge in [0.05, 0.1) is 13.2 Å². The quantitative estimate of drug-likeness (QED) is 0.571. The Hall–Kier alpha value is -2.60. The summed E-state index contributed by atoms with van der Waals surface area (Å²) < 4.78 is 7.66. The smallest absolute Gasteiger partial charge is 0.249 e. The number of aryl methyl sites for hydroxylation is 1. The minimum atomic E-state index is -0.106. The summed E-state index contributed by atoms with van der Waals surface area (Å²) >= 11 is 0. The van der Waals surface area contributed by atoms with Gasteiger partial charge in [0, 0.05) is 31.5 Å². The normalized spacial score (nSPS) is 13.5. The van der Waals surface area contributed by atoms with Gasteiger partial charge in [0.15, 0.2) is 0 Å². The van der Waals surface area contributed by atoms with Gasteiger partial charge < -0.3 is 19.1 Å². The number of hydrogen-bond donors (Lipinski definition) is 0. The number of benzene rings is 1. The summed E-state index contributed by atoms with van der Waals surface area (Å²) in [6.45, 7) is 5.94.